The van der Waals surface area contributed by atoms with E-state index in [0.717, 1.165) is 16.5 Å². The first-order chi connectivity index (χ1) is 12.2. The Morgan fingerprint density at radius 3 is 2.60 bits per heavy atom. The molecule has 25 heavy (non-hydrogen) atoms. The summed E-state index contributed by atoms with van der Waals surface area (Å²) in [5.74, 6) is 1.21. The molecular weight excluding hydrogens is 318 g/mol. The van der Waals surface area contributed by atoms with Crippen LogP contribution in [0, 0.1) is 0 Å². The Labute approximate surface area is 146 Å². The molecule has 0 radical (unpaired) electrons. The molecular formula is C19H21N3O3. The van der Waals surface area contributed by atoms with E-state index in [4.69, 9.17) is 9.47 Å². The molecule has 0 bridgehead atoms. The third kappa shape index (κ3) is 3.28. The predicted molar refractivity (Wildman–Crippen MR) is 96.1 cm³/mol. The van der Waals surface area contributed by atoms with Gasteiger partial charge in [0.15, 0.2) is 17.2 Å². The number of benzene rings is 2. The first-order valence-electron chi connectivity index (χ1n) is 8.11. The fourth-order valence-electron chi connectivity index (χ4n) is 2.80. The van der Waals surface area contributed by atoms with E-state index in [0.29, 0.717) is 30.3 Å². The molecule has 0 fully saturated rings. The van der Waals surface area contributed by atoms with Crippen molar-refractivity contribution < 1.29 is 14.3 Å². The molecule has 0 saturated carbocycles. The van der Waals surface area contributed by atoms with Gasteiger partial charge in [0, 0.05) is 18.5 Å². The number of para-hydroxylation sites is 1. The summed E-state index contributed by atoms with van der Waals surface area (Å²) in [5, 5.41) is 7.95. The average molecular weight is 339 g/mol. The molecule has 1 amide bonds. The van der Waals surface area contributed by atoms with Crippen LogP contribution in [0.1, 0.15) is 23.0 Å². The second-order valence-corrected chi connectivity index (χ2v) is 5.63. The zero-order valence-corrected chi connectivity index (χ0v) is 14.6. The zero-order chi connectivity index (χ0) is 17.8. The first kappa shape index (κ1) is 16.8. The van der Waals surface area contributed by atoms with E-state index < -0.39 is 0 Å². The number of ether oxygens (including phenoxy) is 2. The number of carbonyl (C=O) groups excluding carboxylic acids is 1. The van der Waals surface area contributed by atoms with Crippen molar-refractivity contribution in [2.24, 2.45) is 0 Å². The van der Waals surface area contributed by atoms with Gasteiger partial charge in [-0.25, -0.2) is 0 Å². The quantitative estimate of drug-likeness (QED) is 0.749. The van der Waals surface area contributed by atoms with Crippen LogP contribution in [0.4, 0.5) is 0 Å². The SMILES string of the molecule is CCN(Cc1ccc(OC)c(OC)c1)C(=O)c1n[nH]c2ccccc12. The van der Waals surface area contributed by atoms with Gasteiger partial charge >= 0.3 is 0 Å². The summed E-state index contributed by atoms with van der Waals surface area (Å²) in [6.07, 6.45) is 0. The molecule has 6 nitrogen and oxygen atoms in total. The minimum absolute atomic E-state index is 0.102. The van der Waals surface area contributed by atoms with Gasteiger partial charge in [0.05, 0.1) is 19.7 Å². The summed E-state index contributed by atoms with van der Waals surface area (Å²) < 4.78 is 10.6. The normalized spacial score (nSPS) is 10.7. The molecule has 130 valence electrons. The van der Waals surface area contributed by atoms with Gasteiger partial charge in [0.1, 0.15) is 0 Å². The number of H-pyrrole nitrogens is 1. The van der Waals surface area contributed by atoms with Gasteiger partial charge < -0.3 is 14.4 Å². The minimum atomic E-state index is -0.102. The fourth-order valence-corrected chi connectivity index (χ4v) is 2.80. The number of nitrogens with one attached hydrogen (secondary N) is 1. The highest BCUT2D eigenvalue weighted by atomic mass is 16.5. The van der Waals surface area contributed by atoms with Crippen molar-refractivity contribution in [3.63, 3.8) is 0 Å². The number of aromatic amines is 1. The highest BCUT2D eigenvalue weighted by molar-refractivity contribution is 6.04. The Bertz CT molecular complexity index is 889. The van der Waals surface area contributed by atoms with Crippen molar-refractivity contribution in [2.45, 2.75) is 13.5 Å². The number of aromatic nitrogens is 2. The number of fused-ring (bicyclic) bond motifs is 1. The largest absolute Gasteiger partial charge is 0.493 e. The Balaban J connectivity index is 1.86. The molecule has 3 rings (SSSR count). The first-order valence-corrected chi connectivity index (χ1v) is 8.11. The van der Waals surface area contributed by atoms with Gasteiger partial charge in [-0.15, -0.1) is 0 Å². The number of hydrogen-bond donors (Lipinski definition) is 1. The molecule has 0 aliphatic carbocycles. The lowest BCUT2D eigenvalue weighted by molar-refractivity contribution is 0.0748. The van der Waals surface area contributed by atoms with Crippen LogP contribution in [0.3, 0.4) is 0 Å². The van der Waals surface area contributed by atoms with Crippen LogP contribution in [0.15, 0.2) is 42.5 Å². The maximum Gasteiger partial charge on any atom is 0.275 e. The monoisotopic (exact) mass is 339 g/mol. The van der Waals surface area contributed by atoms with Crippen molar-refractivity contribution in [1.29, 1.82) is 0 Å². The van der Waals surface area contributed by atoms with Crippen LogP contribution < -0.4 is 9.47 Å². The Kier molecular flexibility index (Phi) is 4.88. The third-order valence-electron chi connectivity index (χ3n) is 4.16. The molecule has 0 unspecified atom stereocenters. The molecule has 2 aromatic carbocycles. The maximum atomic E-state index is 12.9. The summed E-state index contributed by atoms with van der Waals surface area (Å²) in [4.78, 5) is 14.7. The number of carbonyl (C=O) groups is 1. The summed E-state index contributed by atoms with van der Waals surface area (Å²) in [6, 6.07) is 13.3. The highest BCUT2D eigenvalue weighted by Gasteiger charge is 2.20. The van der Waals surface area contributed by atoms with E-state index in [2.05, 4.69) is 10.2 Å². The molecule has 6 heteroatoms. The maximum absolute atomic E-state index is 12.9. The molecule has 3 aromatic rings. The topological polar surface area (TPSA) is 67.5 Å². The molecule has 0 aliphatic heterocycles. The Hall–Kier alpha value is -3.02. The molecule has 1 heterocycles. The molecule has 1 aromatic heterocycles. The molecule has 0 saturated heterocycles. The van der Waals surface area contributed by atoms with E-state index in [1.54, 1.807) is 19.1 Å². The summed E-state index contributed by atoms with van der Waals surface area (Å²) in [6.45, 7) is 3.00. The van der Waals surface area contributed by atoms with Crippen molar-refractivity contribution in [2.75, 3.05) is 20.8 Å². The van der Waals surface area contributed by atoms with E-state index in [9.17, 15) is 4.79 Å². The van der Waals surface area contributed by atoms with Crippen molar-refractivity contribution >= 4 is 16.8 Å². The second-order valence-electron chi connectivity index (χ2n) is 5.63. The number of amides is 1. The molecule has 1 N–H and O–H groups in total. The lowest BCUT2D eigenvalue weighted by Crippen LogP contribution is -2.30. The predicted octanol–water partition coefficient (Wildman–Crippen LogP) is 3.24. The van der Waals surface area contributed by atoms with E-state index in [1.165, 1.54) is 0 Å². The number of hydrogen-bond acceptors (Lipinski definition) is 4. The lowest BCUT2D eigenvalue weighted by Gasteiger charge is -2.21. The molecule has 0 atom stereocenters. The van der Waals surface area contributed by atoms with Gasteiger partial charge in [0.25, 0.3) is 5.91 Å². The van der Waals surface area contributed by atoms with Crippen LogP contribution in [0.5, 0.6) is 11.5 Å². The summed E-state index contributed by atoms with van der Waals surface area (Å²) >= 11 is 0. The minimum Gasteiger partial charge on any atom is -0.493 e. The highest BCUT2D eigenvalue weighted by Crippen LogP contribution is 2.28. The van der Waals surface area contributed by atoms with Crippen LogP contribution in [-0.4, -0.2) is 41.8 Å². The van der Waals surface area contributed by atoms with Crippen LogP contribution in [0.2, 0.25) is 0 Å². The zero-order valence-electron chi connectivity index (χ0n) is 14.6. The van der Waals surface area contributed by atoms with Gasteiger partial charge in [-0.2, -0.15) is 5.10 Å². The molecule has 0 spiro atoms. The second kappa shape index (κ2) is 7.25. The van der Waals surface area contributed by atoms with Crippen LogP contribution in [-0.2, 0) is 6.54 Å². The van der Waals surface area contributed by atoms with Gasteiger partial charge in [-0.05, 0) is 30.7 Å². The number of methoxy groups -OCH3 is 2. The smallest absolute Gasteiger partial charge is 0.275 e. The molecule has 0 aliphatic rings. The van der Waals surface area contributed by atoms with Crippen molar-refractivity contribution in [3.8, 4) is 11.5 Å². The van der Waals surface area contributed by atoms with E-state index in [1.807, 2.05) is 49.4 Å². The summed E-state index contributed by atoms with van der Waals surface area (Å²) in [7, 11) is 3.20. The van der Waals surface area contributed by atoms with E-state index >= 15 is 0 Å². The third-order valence-corrected chi connectivity index (χ3v) is 4.16. The number of rotatable bonds is 6. The van der Waals surface area contributed by atoms with Gasteiger partial charge in [0.2, 0.25) is 0 Å². The lowest BCUT2D eigenvalue weighted by atomic mass is 10.1. The number of nitrogens with zero attached hydrogens (tertiary/aromatic N) is 2. The van der Waals surface area contributed by atoms with Gasteiger partial charge in [-0.3, -0.25) is 9.89 Å². The fraction of sp³-hybridized carbons (Fsp3) is 0.263. The Morgan fingerprint density at radius 2 is 1.88 bits per heavy atom. The van der Waals surface area contributed by atoms with Crippen molar-refractivity contribution in [1.82, 2.24) is 15.1 Å². The van der Waals surface area contributed by atoms with Crippen molar-refractivity contribution in [3.05, 3.63) is 53.7 Å². The van der Waals surface area contributed by atoms with E-state index in [-0.39, 0.29) is 5.91 Å². The standard InChI is InChI=1S/C19H21N3O3/c1-4-22(12-13-9-10-16(24-2)17(11-13)25-3)19(23)18-14-7-5-6-8-15(14)20-21-18/h5-11H,4,12H2,1-3H3,(H,20,21). The van der Waals surface area contributed by atoms with Crippen LogP contribution in [0.25, 0.3) is 10.9 Å². The average Bonchev–Trinajstić information content (AvgIpc) is 3.09. The summed E-state index contributed by atoms with van der Waals surface area (Å²) in [5.41, 5.74) is 2.26. The Morgan fingerprint density at radius 1 is 1.12 bits per heavy atom. The van der Waals surface area contributed by atoms with Gasteiger partial charge in [-0.1, -0.05) is 24.3 Å². The van der Waals surface area contributed by atoms with Crippen LogP contribution >= 0.6 is 0 Å².